The predicted molar refractivity (Wildman–Crippen MR) is 48.6 cm³/mol. The van der Waals surface area contributed by atoms with Gasteiger partial charge in [-0.1, -0.05) is 0 Å². The summed E-state index contributed by atoms with van der Waals surface area (Å²) in [7, 11) is 0. The van der Waals surface area contributed by atoms with Crippen LogP contribution in [0.3, 0.4) is 0 Å². The number of nitrogens with zero attached hydrogens (tertiary/aromatic N) is 1. The minimum Gasteiger partial charge on any atom is -0.445 e. The molecule has 0 spiro atoms. The fourth-order valence-corrected chi connectivity index (χ4v) is 1.14. The van der Waals surface area contributed by atoms with E-state index in [1.54, 1.807) is 12.1 Å². The Morgan fingerprint density at radius 3 is 2.47 bits per heavy atom. The van der Waals surface area contributed by atoms with Gasteiger partial charge in [0, 0.05) is 5.56 Å². The van der Waals surface area contributed by atoms with E-state index in [9.17, 15) is 8.78 Å². The van der Waals surface area contributed by atoms with E-state index in [2.05, 4.69) is 9.72 Å². The highest BCUT2D eigenvalue weighted by Gasteiger charge is 2.05. The molecule has 1 atom stereocenters. The number of halogens is 2. The molecule has 0 amide bonds. The molecule has 1 aromatic heterocycles. The number of rotatable bonds is 3. The molecule has 0 N–H and O–H groups in total. The van der Waals surface area contributed by atoms with Gasteiger partial charge in [-0.15, -0.1) is 0 Å². The van der Waals surface area contributed by atoms with Crippen LogP contribution in [0.5, 0.6) is 5.75 Å². The van der Waals surface area contributed by atoms with Crippen molar-refractivity contribution in [3.05, 3.63) is 36.7 Å². The first-order chi connectivity index (χ1) is 7.25. The summed E-state index contributed by atoms with van der Waals surface area (Å²) in [5.41, 5.74) is 0.710. The average molecular weight is 210 g/mol. The van der Waals surface area contributed by atoms with Gasteiger partial charge in [0.2, 0.25) is 5.89 Å². The second kappa shape index (κ2) is 4.08. The lowest BCUT2D eigenvalue weighted by atomic mass is 10.2. The highest BCUT2D eigenvalue weighted by molar-refractivity contribution is 5.54. The van der Waals surface area contributed by atoms with Crippen LogP contribution in [0.1, 0.15) is 0 Å². The molecule has 1 unspecified atom stereocenters. The highest BCUT2D eigenvalue weighted by atomic mass is 19.2. The van der Waals surface area contributed by atoms with Gasteiger partial charge in [0.1, 0.15) is 12.0 Å². The molecule has 2 rings (SSSR count). The molecule has 0 radical (unpaired) electrons. The van der Waals surface area contributed by atoms with Crippen LogP contribution in [0.4, 0.5) is 8.78 Å². The first-order valence-electron chi connectivity index (χ1n) is 4.20. The molecule has 15 heavy (non-hydrogen) atoms. The van der Waals surface area contributed by atoms with Gasteiger partial charge >= 0.3 is 6.61 Å². The summed E-state index contributed by atoms with van der Waals surface area (Å²) in [6, 6.07) is 6.07. The van der Waals surface area contributed by atoms with Crippen molar-refractivity contribution in [1.82, 2.24) is 4.98 Å². The van der Waals surface area contributed by atoms with Crippen LogP contribution < -0.4 is 4.74 Å². The highest BCUT2D eigenvalue weighted by Crippen LogP contribution is 2.21. The molecule has 2 aromatic rings. The quantitative estimate of drug-likeness (QED) is 0.781. The Morgan fingerprint density at radius 2 is 1.93 bits per heavy atom. The molecule has 0 saturated heterocycles. The number of oxazole rings is 1. The van der Waals surface area contributed by atoms with E-state index in [-0.39, 0.29) is 5.75 Å². The second-order valence-corrected chi connectivity index (χ2v) is 2.74. The molecule has 0 fully saturated rings. The molecular formula is C10H7F2NO2. The van der Waals surface area contributed by atoms with Gasteiger partial charge in [-0.2, -0.15) is 8.78 Å². The first-order valence-corrected chi connectivity index (χ1v) is 4.20. The Bertz CT molecular complexity index is 411. The molecule has 0 aliphatic heterocycles. The molecular weight excluding hydrogens is 203 g/mol. The van der Waals surface area contributed by atoms with Gasteiger partial charge in [0.25, 0.3) is 0 Å². The molecule has 1 aromatic carbocycles. The largest absolute Gasteiger partial charge is 0.445 e. The zero-order chi connectivity index (χ0) is 10.7. The van der Waals surface area contributed by atoms with Crippen LogP contribution in [0.15, 0.2) is 41.1 Å². The van der Waals surface area contributed by atoms with Crippen molar-refractivity contribution in [3.63, 3.8) is 0 Å². The van der Waals surface area contributed by atoms with E-state index < -0.39 is 6.61 Å². The Morgan fingerprint density at radius 1 is 1.20 bits per heavy atom. The minimum absolute atomic E-state index is 0.111. The maximum atomic E-state index is 11.8. The van der Waals surface area contributed by atoms with Crippen molar-refractivity contribution < 1.29 is 17.9 Å². The van der Waals surface area contributed by atoms with E-state index in [4.69, 9.17) is 4.42 Å². The average Bonchev–Trinajstić information content (AvgIpc) is 2.71. The fraction of sp³-hybridized carbons (Fsp3) is 0.100. The SMILES string of the molecule is FC([18F])Oc1ccc(-c2ncco2)cc1. The van der Waals surface area contributed by atoms with Gasteiger partial charge in [-0.25, -0.2) is 4.98 Å². The van der Waals surface area contributed by atoms with Crippen LogP contribution >= 0.6 is 0 Å². The zero-order valence-electron chi connectivity index (χ0n) is 7.56. The van der Waals surface area contributed by atoms with Crippen LogP contribution in [0.25, 0.3) is 11.5 Å². The van der Waals surface area contributed by atoms with Crippen LogP contribution in [-0.2, 0) is 0 Å². The molecule has 78 valence electrons. The summed E-state index contributed by atoms with van der Waals surface area (Å²) in [6.07, 6.45) is 2.96. The topological polar surface area (TPSA) is 35.3 Å². The normalized spacial score (nSPS) is 12.4. The monoisotopic (exact) mass is 210 g/mol. The number of aromatic nitrogens is 1. The van der Waals surface area contributed by atoms with Crippen LogP contribution in [-0.4, -0.2) is 11.6 Å². The Labute approximate surface area is 84.3 Å². The molecule has 0 bridgehead atoms. The van der Waals surface area contributed by atoms with E-state index in [0.717, 1.165) is 0 Å². The van der Waals surface area contributed by atoms with Crippen molar-refractivity contribution in [1.29, 1.82) is 0 Å². The fourth-order valence-electron chi connectivity index (χ4n) is 1.14. The van der Waals surface area contributed by atoms with Gasteiger partial charge in [0.05, 0.1) is 6.20 Å². The molecule has 0 aliphatic carbocycles. The maximum Gasteiger partial charge on any atom is 0.387 e. The molecule has 0 aliphatic rings. The van der Waals surface area contributed by atoms with Crippen LogP contribution in [0.2, 0.25) is 0 Å². The summed E-state index contributed by atoms with van der Waals surface area (Å²) >= 11 is 0. The lowest BCUT2D eigenvalue weighted by Gasteiger charge is -2.03. The summed E-state index contributed by atoms with van der Waals surface area (Å²) in [6.45, 7) is -2.81. The third-order valence-electron chi connectivity index (χ3n) is 1.76. The summed E-state index contributed by atoms with van der Waals surface area (Å²) in [5.74, 6) is 0.555. The van der Waals surface area contributed by atoms with E-state index >= 15 is 0 Å². The smallest absolute Gasteiger partial charge is 0.387 e. The summed E-state index contributed by atoms with van der Waals surface area (Å²) in [5, 5.41) is 0. The van der Waals surface area contributed by atoms with Crippen molar-refractivity contribution in [2.75, 3.05) is 0 Å². The molecule has 0 saturated carbocycles. The van der Waals surface area contributed by atoms with Crippen LogP contribution in [0, 0.1) is 0 Å². The van der Waals surface area contributed by atoms with E-state index in [1.165, 1.54) is 24.6 Å². The summed E-state index contributed by atoms with van der Waals surface area (Å²) in [4.78, 5) is 3.92. The predicted octanol–water partition coefficient (Wildman–Crippen LogP) is 2.94. The van der Waals surface area contributed by atoms with Crippen molar-refractivity contribution in [2.45, 2.75) is 6.61 Å². The zero-order valence-corrected chi connectivity index (χ0v) is 7.56. The van der Waals surface area contributed by atoms with Gasteiger partial charge in [0.15, 0.2) is 0 Å². The summed E-state index contributed by atoms with van der Waals surface area (Å²) < 4.78 is 32.9. The van der Waals surface area contributed by atoms with Crippen molar-refractivity contribution >= 4 is 0 Å². The maximum absolute atomic E-state index is 11.8. The number of benzene rings is 1. The molecule has 1 heterocycles. The Kier molecular flexibility index (Phi) is 2.62. The van der Waals surface area contributed by atoms with Gasteiger partial charge < -0.3 is 9.15 Å². The lowest BCUT2D eigenvalue weighted by Crippen LogP contribution is -2.01. The van der Waals surface area contributed by atoms with Crippen molar-refractivity contribution in [3.8, 4) is 17.2 Å². The Hall–Kier alpha value is -1.91. The second-order valence-electron chi connectivity index (χ2n) is 2.74. The minimum atomic E-state index is -2.81. The van der Waals surface area contributed by atoms with Gasteiger partial charge in [-0.3, -0.25) is 0 Å². The molecule has 3 nitrogen and oxygen atoms in total. The number of hydrogen-bond donors (Lipinski definition) is 0. The first kappa shape index (κ1) is 9.64. The van der Waals surface area contributed by atoms with E-state index in [0.29, 0.717) is 11.5 Å². The third kappa shape index (κ3) is 2.31. The van der Waals surface area contributed by atoms with E-state index in [1.807, 2.05) is 0 Å². The number of alkyl halides is 2. The lowest BCUT2D eigenvalue weighted by molar-refractivity contribution is -0.0498. The standard InChI is InChI=1S/C10H7F2NO2/c11-10(12)15-8-3-1-7(2-4-8)9-13-5-6-14-9/h1-6,10H/i11-1. The Balaban J connectivity index is 2.17. The number of hydrogen-bond acceptors (Lipinski definition) is 3. The number of ether oxygens (including phenoxy) is 1. The van der Waals surface area contributed by atoms with Crippen molar-refractivity contribution in [2.24, 2.45) is 0 Å². The molecule has 5 heteroatoms. The van der Waals surface area contributed by atoms with Gasteiger partial charge in [-0.05, 0) is 24.3 Å². The third-order valence-corrected chi connectivity index (χ3v) is 1.76.